The Labute approximate surface area is 377 Å². The maximum atomic E-state index is 11.3. The normalized spacial score (nSPS) is 42.3. The molecule has 0 spiro atoms. The molecule has 0 amide bonds. The standard InChI is InChI=1S/C20H35BrO5.C20H35N3O5.N3.Na/c1-8-16-11(3)10(2)14(6)20(25-16)26-18-12(4)13(5)19(21)24-17(18)9-23-15(7)22;1-8-16-11(3)10(2)14(6)20(27-16)28-18-12(4)13(5)19(22-23-21)26-17(18)9-25-15(7)24;1-3-2;/h10-14,16-20H,8-9H2,1-7H3;10-14,16-20H,8-9H2,1-7H3;;/q;;-1;+1. The van der Waals surface area contributed by atoms with E-state index >= 15 is 0 Å². The Morgan fingerprint density at radius 1 is 0.569 bits per heavy atom. The molecule has 20 unspecified atom stereocenters. The van der Waals surface area contributed by atoms with E-state index in [0.717, 1.165) is 12.8 Å². The van der Waals surface area contributed by atoms with Crippen LogP contribution in [0.2, 0.25) is 0 Å². The topological polar surface area (TPSA) is 215 Å². The molecule has 0 bridgehead atoms. The maximum absolute atomic E-state index is 11.3. The molecule has 4 aliphatic rings. The van der Waals surface area contributed by atoms with Gasteiger partial charge in [-0.25, -0.2) is 0 Å². The number of halogens is 1. The van der Waals surface area contributed by atoms with E-state index in [9.17, 15) is 9.59 Å². The Hall–Kier alpha value is -1.20. The summed E-state index contributed by atoms with van der Waals surface area (Å²) in [6.07, 6.45) is -0.295. The first kappa shape index (κ1) is 54.8. The molecule has 0 aliphatic carbocycles. The van der Waals surface area contributed by atoms with E-state index in [1.807, 2.05) is 6.92 Å². The Balaban J connectivity index is 0.000000536. The molecular weight excluding hydrogens is 827 g/mol. The molecule has 0 radical (unpaired) electrons. The third kappa shape index (κ3) is 14.7. The summed E-state index contributed by atoms with van der Waals surface area (Å²) in [4.78, 5) is 27.0. The van der Waals surface area contributed by atoms with E-state index in [2.05, 4.69) is 102 Å². The van der Waals surface area contributed by atoms with E-state index in [0.29, 0.717) is 29.6 Å². The summed E-state index contributed by atoms with van der Waals surface area (Å²) in [7, 11) is 0. The molecule has 0 aromatic rings. The van der Waals surface area contributed by atoms with E-state index in [4.69, 9.17) is 54.5 Å². The van der Waals surface area contributed by atoms with Crippen LogP contribution in [-0.4, -0.2) is 85.6 Å². The van der Waals surface area contributed by atoms with Crippen molar-refractivity contribution in [2.75, 3.05) is 13.2 Å². The van der Waals surface area contributed by atoms with Gasteiger partial charge in [-0.05, 0) is 65.7 Å². The molecule has 328 valence electrons. The van der Waals surface area contributed by atoms with Crippen LogP contribution in [0.3, 0.4) is 0 Å². The molecule has 16 nitrogen and oxygen atoms in total. The molecule has 18 heteroatoms. The minimum Gasteiger partial charge on any atom is -0.463 e. The molecule has 0 saturated carbocycles. The SMILES string of the molecule is CCC1OC(OC2C(COC(C)=O)OC(Br)C(C)C2C)C(C)C(C)C1C.CCC1OC(OC2C(COC(C)=O)OC(N=[N+]=[N-])C(C)C2C)C(C)C(C)C1C.[N-]=[N+]=[N-].[Na+]. The van der Waals surface area contributed by atoms with E-state index in [1.165, 1.54) is 18.8 Å². The number of azide groups is 1. The second-order valence-corrected chi connectivity index (χ2v) is 17.6. The molecule has 4 heterocycles. The van der Waals surface area contributed by atoms with Gasteiger partial charge in [0.15, 0.2) is 12.6 Å². The molecule has 4 saturated heterocycles. The first-order valence-electron chi connectivity index (χ1n) is 20.7. The smallest absolute Gasteiger partial charge is 0.463 e. The van der Waals surface area contributed by atoms with E-state index in [1.54, 1.807) is 0 Å². The van der Waals surface area contributed by atoms with Crippen molar-refractivity contribution in [2.45, 2.75) is 170 Å². The first-order chi connectivity index (χ1) is 26.8. The van der Waals surface area contributed by atoms with Gasteiger partial charge in [0.25, 0.3) is 0 Å². The largest absolute Gasteiger partial charge is 1.00 e. The van der Waals surface area contributed by atoms with Crippen molar-refractivity contribution < 1.29 is 77.0 Å². The fraction of sp³-hybridized carbons (Fsp3) is 0.950. The van der Waals surface area contributed by atoms with E-state index in [-0.39, 0.29) is 132 Å². The predicted octanol–water partition coefficient (Wildman–Crippen LogP) is 6.53. The molecule has 4 fully saturated rings. The monoisotopic (exact) mass is 896 g/mol. The van der Waals surface area contributed by atoms with Crippen LogP contribution in [0.25, 0.3) is 26.4 Å². The summed E-state index contributed by atoms with van der Waals surface area (Å²) in [6, 6.07) is 0. The molecule has 4 aliphatic heterocycles. The minimum atomic E-state index is -0.618. The van der Waals surface area contributed by atoms with Crippen molar-refractivity contribution in [2.24, 2.45) is 64.3 Å². The molecule has 0 aromatic heterocycles. The molecular formula is C40H70BrN6NaO10. The Morgan fingerprint density at radius 3 is 1.31 bits per heavy atom. The molecule has 58 heavy (non-hydrogen) atoms. The van der Waals surface area contributed by atoms with Crippen LogP contribution in [0.15, 0.2) is 5.11 Å². The van der Waals surface area contributed by atoms with Gasteiger partial charge in [0.05, 0.1) is 24.4 Å². The third-order valence-electron chi connectivity index (χ3n) is 13.3. The zero-order chi connectivity index (χ0) is 43.3. The molecule has 4 rings (SSSR count). The second-order valence-electron chi connectivity index (χ2n) is 16.7. The summed E-state index contributed by atoms with van der Waals surface area (Å²) < 4.78 is 48.1. The number of ether oxygens (including phenoxy) is 8. The van der Waals surface area contributed by atoms with Crippen molar-refractivity contribution in [1.82, 2.24) is 0 Å². The van der Waals surface area contributed by atoms with Crippen molar-refractivity contribution in [1.29, 1.82) is 0 Å². The number of carbonyl (C=O) groups excluding carboxylic acids is 2. The summed E-state index contributed by atoms with van der Waals surface area (Å²) in [5, 5.41) is 3.69. The fourth-order valence-electron chi connectivity index (χ4n) is 8.32. The van der Waals surface area contributed by atoms with Gasteiger partial charge in [-0.1, -0.05) is 104 Å². The van der Waals surface area contributed by atoms with Crippen LogP contribution >= 0.6 is 15.9 Å². The van der Waals surface area contributed by atoms with Gasteiger partial charge in [0.1, 0.15) is 36.7 Å². The number of alkyl halides is 1. The maximum Gasteiger partial charge on any atom is 1.00 e. The Kier molecular flexibility index (Phi) is 24.9. The average molecular weight is 898 g/mol. The fourth-order valence-corrected chi connectivity index (χ4v) is 9.08. The zero-order valence-corrected chi connectivity index (χ0v) is 41.1. The van der Waals surface area contributed by atoms with Gasteiger partial charge in [-0.15, -0.1) is 0 Å². The van der Waals surface area contributed by atoms with Gasteiger partial charge in [0.2, 0.25) is 0 Å². The molecule has 20 atom stereocenters. The molecule has 0 aromatic carbocycles. The quantitative estimate of drug-likeness (QED) is 0.0546. The van der Waals surface area contributed by atoms with Crippen LogP contribution in [0, 0.1) is 59.2 Å². The van der Waals surface area contributed by atoms with Gasteiger partial charge >= 0.3 is 41.5 Å². The summed E-state index contributed by atoms with van der Waals surface area (Å²) >= 11 is 3.59. The molecule has 0 N–H and O–H groups in total. The van der Waals surface area contributed by atoms with Crippen molar-refractivity contribution in [3.05, 3.63) is 26.4 Å². The van der Waals surface area contributed by atoms with Crippen molar-refractivity contribution in [3.8, 4) is 0 Å². The van der Waals surface area contributed by atoms with Crippen LogP contribution < -0.4 is 29.6 Å². The number of nitrogens with zero attached hydrogens (tertiary/aromatic N) is 6. The van der Waals surface area contributed by atoms with Crippen LogP contribution in [0.1, 0.15) is 110 Å². The van der Waals surface area contributed by atoms with Crippen LogP contribution in [-0.2, 0) is 47.5 Å². The number of hydrogen-bond donors (Lipinski definition) is 0. The first-order valence-corrected chi connectivity index (χ1v) is 21.6. The van der Waals surface area contributed by atoms with Gasteiger partial charge in [-0.3, -0.25) is 14.5 Å². The van der Waals surface area contributed by atoms with Gasteiger partial charge in [0, 0.05) is 30.6 Å². The van der Waals surface area contributed by atoms with Crippen molar-refractivity contribution in [3.63, 3.8) is 0 Å². The van der Waals surface area contributed by atoms with Gasteiger partial charge < -0.3 is 49.0 Å². The average Bonchev–Trinajstić information content (AvgIpc) is 3.17. The predicted molar refractivity (Wildman–Crippen MR) is 218 cm³/mol. The second kappa shape index (κ2) is 26.3. The number of rotatable bonds is 11. The third-order valence-corrected chi connectivity index (χ3v) is 14.4. The van der Waals surface area contributed by atoms with Gasteiger partial charge in [-0.2, -0.15) is 0 Å². The van der Waals surface area contributed by atoms with Crippen LogP contribution in [0.5, 0.6) is 0 Å². The number of carbonyl (C=O) groups is 2. The number of hydrogen-bond acceptors (Lipinski definition) is 11. The summed E-state index contributed by atoms with van der Waals surface area (Å²) in [5.74, 6) is 2.33. The van der Waals surface area contributed by atoms with E-state index < -0.39 is 12.3 Å². The van der Waals surface area contributed by atoms with Crippen molar-refractivity contribution >= 4 is 27.9 Å². The summed E-state index contributed by atoms with van der Waals surface area (Å²) in [5.41, 5.74) is 22.3. The Bertz CT molecular complexity index is 1340. The minimum absolute atomic E-state index is 0. The zero-order valence-electron chi connectivity index (χ0n) is 37.5. The number of esters is 2. The van der Waals surface area contributed by atoms with Crippen LogP contribution in [0.4, 0.5) is 0 Å². The Morgan fingerprint density at radius 2 is 0.948 bits per heavy atom. The summed E-state index contributed by atoms with van der Waals surface area (Å²) in [6.45, 7) is 29.0.